The first-order chi connectivity index (χ1) is 10.1. The topological polar surface area (TPSA) is 58.1 Å². The molecule has 1 amide bonds. The van der Waals surface area contributed by atoms with E-state index < -0.39 is 0 Å². The molecule has 0 atom stereocenters. The first-order valence-electron chi connectivity index (χ1n) is 7.06. The van der Waals surface area contributed by atoms with Crippen molar-refractivity contribution in [2.45, 2.75) is 25.8 Å². The maximum Gasteiger partial charge on any atom is 0.219 e. The monoisotopic (exact) mass is 304 g/mol. The van der Waals surface area contributed by atoms with Crippen molar-refractivity contribution in [3.8, 4) is 0 Å². The average molecular weight is 305 g/mol. The third kappa shape index (κ3) is 3.08. The fourth-order valence-corrected chi connectivity index (χ4v) is 2.95. The predicted octanol–water partition coefficient (Wildman–Crippen LogP) is 2.71. The van der Waals surface area contributed by atoms with Gasteiger partial charge in [0.2, 0.25) is 5.91 Å². The highest BCUT2D eigenvalue weighted by Gasteiger charge is 2.20. The molecule has 1 N–H and O–H groups in total. The lowest BCUT2D eigenvalue weighted by molar-refractivity contribution is -0.129. The highest BCUT2D eigenvalue weighted by molar-refractivity contribution is 6.35. The van der Waals surface area contributed by atoms with E-state index >= 15 is 0 Å². The standard InChI is InChI=1S/C15H17ClN4O/c1-10(21)20-6-2-11(3-7-20)19-12-8-13(16)15-14(9-12)17-4-5-18-15/h4-5,8-9,11,19H,2-3,6-7H2,1H3. The molecule has 1 aliphatic heterocycles. The Hall–Kier alpha value is -1.88. The van der Waals surface area contributed by atoms with Crippen molar-refractivity contribution in [1.82, 2.24) is 14.9 Å². The minimum atomic E-state index is 0.150. The molecule has 1 aliphatic rings. The van der Waals surface area contributed by atoms with E-state index in [1.807, 2.05) is 17.0 Å². The fraction of sp³-hybridized carbons (Fsp3) is 0.400. The number of amides is 1. The Labute approximate surface area is 128 Å². The van der Waals surface area contributed by atoms with Crippen LogP contribution in [0.4, 0.5) is 5.69 Å². The van der Waals surface area contributed by atoms with Crippen LogP contribution in [0.2, 0.25) is 5.02 Å². The zero-order valence-corrected chi connectivity index (χ0v) is 12.6. The van der Waals surface area contributed by atoms with Crippen molar-refractivity contribution in [2.24, 2.45) is 0 Å². The van der Waals surface area contributed by atoms with Crippen LogP contribution >= 0.6 is 11.6 Å². The molecule has 1 saturated heterocycles. The summed E-state index contributed by atoms with van der Waals surface area (Å²) in [6.45, 7) is 3.22. The maximum atomic E-state index is 11.3. The molecule has 21 heavy (non-hydrogen) atoms. The number of fused-ring (bicyclic) bond motifs is 1. The number of rotatable bonds is 2. The van der Waals surface area contributed by atoms with E-state index in [4.69, 9.17) is 11.6 Å². The van der Waals surface area contributed by atoms with Gasteiger partial charge in [0.25, 0.3) is 0 Å². The zero-order valence-electron chi connectivity index (χ0n) is 11.8. The highest BCUT2D eigenvalue weighted by Crippen LogP contribution is 2.26. The first-order valence-corrected chi connectivity index (χ1v) is 7.43. The summed E-state index contributed by atoms with van der Waals surface area (Å²) in [5.41, 5.74) is 2.46. The largest absolute Gasteiger partial charge is 0.382 e. The molecule has 0 radical (unpaired) electrons. The van der Waals surface area contributed by atoms with E-state index in [-0.39, 0.29) is 5.91 Å². The van der Waals surface area contributed by atoms with Gasteiger partial charge in [-0.15, -0.1) is 0 Å². The summed E-state index contributed by atoms with van der Waals surface area (Å²) < 4.78 is 0. The van der Waals surface area contributed by atoms with Crippen LogP contribution in [0, 0.1) is 0 Å². The van der Waals surface area contributed by atoms with Gasteiger partial charge < -0.3 is 10.2 Å². The molecule has 1 aromatic heterocycles. The van der Waals surface area contributed by atoms with Gasteiger partial charge in [-0.2, -0.15) is 0 Å². The lowest BCUT2D eigenvalue weighted by Gasteiger charge is -2.32. The van der Waals surface area contributed by atoms with Crippen LogP contribution in [0.3, 0.4) is 0 Å². The number of carbonyl (C=O) groups excluding carboxylic acids is 1. The molecule has 2 aromatic rings. The number of nitrogens with one attached hydrogen (secondary N) is 1. The van der Waals surface area contributed by atoms with Crippen LogP contribution in [0.5, 0.6) is 0 Å². The van der Waals surface area contributed by atoms with Crippen molar-refractivity contribution < 1.29 is 4.79 Å². The maximum absolute atomic E-state index is 11.3. The Morgan fingerprint density at radius 1 is 1.29 bits per heavy atom. The Morgan fingerprint density at radius 2 is 2.00 bits per heavy atom. The minimum Gasteiger partial charge on any atom is -0.382 e. The molecule has 110 valence electrons. The molecular weight excluding hydrogens is 288 g/mol. The summed E-state index contributed by atoms with van der Waals surface area (Å²) in [6.07, 6.45) is 5.18. The molecule has 0 bridgehead atoms. The second kappa shape index (κ2) is 5.85. The van der Waals surface area contributed by atoms with E-state index in [0.29, 0.717) is 11.1 Å². The first kappa shape index (κ1) is 14.1. The normalized spacial score (nSPS) is 16.2. The van der Waals surface area contributed by atoms with Gasteiger partial charge in [0.1, 0.15) is 5.52 Å². The molecule has 3 rings (SSSR count). The zero-order chi connectivity index (χ0) is 14.8. The number of likely N-dealkylation sites (tertiary alicyclic amines) is 1. The molecular formula is C15H17ClN4O. The van der Waals surface area contributed by atoms with Crippen molar-refractivity contribution in [3.63, 3.8) is 0 Å². The van der Waals surface area contributed by atoms with Gasteiger partial charge in [-0.05, 0) is 25.0 Å². The van der Waals surface area contributed by atoms with Gasteiger partial charge in [-0.3, -0.25) is 14.8 Å². The quantitative estimate of drug-likeness (QED) is 0.927. The van der Waals surface area contributed by atoms with E-state index in [2.05, 4.69) is 15.3 Å². The smallest absolute Gasteiger partial charge is 0.219 e. The number of carbonyl (C=O) groups is 1. The fourth-order valence-electron chi connectivity index (χ4n) is 2.69. The van der Waals surface area contributed by atoms with Gasteiger partial charge in [0.05, 0.1) is 10.5 Å². The number of aromatic nitrogens is 2. The van der Waals surface area contributed by atoms with Gasteiger partial charge in [0.15, 0.2) is 0 Å². The Balaban J connectivity index is 1.73. The summed E-state index contributed by atoms with van der Waals surface area (Å²) in [7, 11) is 0. The number of hydrogen-bond donors (Lipinski definition) is 1. The third-order valence-electron chi connectivity index (χ3n) is 3.84. The Kier molecular flexibility index (Phi) is 3.92. The van der Waals surface area contributed by atoms with E-state index in [1.54, 1.807) is 19.3 Å². The highest BCUT2D eigenvalue weighted by atomic mass is 35.5. The number of anilines is 1. The number of hydrogen-bond acceptors (Lipinski definition) is 4. The van der Waals surface area contributed by atoms with Crippen LogP contribution in [0.15, 0.2) is 24.5 Å². The molecule has 5 nitrogen and oxygen atoms in total. The second-order valence-electron chi connectivity index (χ2n) is 5.31. The molecule has 1 aromatic carbocycles. The molecule has 0 spiro atoms. The molecule has 2 heterocycles. The summed E-state index contributed by atoms with van der Waals surface area (Å²) in [5, 5.41) is 4.08. The van der Waals surface area contributed by atoms with Crippen molar-refractivity contribution >= 4 is 34.2 Å². The molecule has 0 aliphatic carbocycles. The summed E-state index contributed by atoms with van der Waals surface area (Å²) in [5.74, 6) is 0.150. The van der Waals surface area contributed by atoms with Gasteiger partial charge >= 0.3 is 0 Å². The van der Waals surface area contributed by atoms with Crippen LogP contribution in [0.1, 0.15) is 19.8 Å². The third-order valence-corrected chi connectivity index (χ3v) is 4.13. The summed E-state index contributed by atoms with van der Waals surface area (Å²) >= 11 is 6.25. The van der Waals surface area contributed by atoms with Crippen LogP contribution in [-0.2, 0) is 4.79 Å². The van der Waals surface area contributed by atoms with E-state index in [1.165, 1.54) is 0 Å². The summed E-state index contributed by atoms with van der Waals surface area (Å²) in [6, 6.07) is 4.20. The summed E-state index contributed by atoms with van der Waals surface area (Å²) in [4.78, 5) is 21.7. The molecule has 0 saturated carbocycles. The number of halogens is 1. The predicted molar refractivity (Wildman–Crippen MR) is 83.4 cm³/mol. The van der Waals surface area contributed by atoms with Crippen LogP contribution in [0.25, 0.3) is 11.0 Å². The van der Waals surface area contributed by atoms with Gasteiger partial charge in [0, 0.05) is 44.1 Å². The lowest BCUT2D eigenvalue weighted by Crippen LogP contribution is -2.41. The van der Waals surface area contributed by atoms with Crippen molar-refractivity contribution in [2.75, 3.05) is 18.4 Å². The van der Waals surface area contributed by atoms with Crippen molar-refractivity contribution in [1.29, 1.82) is 0 Å². The Morgan fingerprint density at radius 3 is 2.71 bits per heavy atom. The van der Waals surface area contributed by atoms with Crippen molar-refractivity contribution in [3.05, 3.63) is 29.5 Å². The number of nitrogens with zero attached hydrogens (tertiary/aromatic N) is 3. The van der Waals surface area contributed by atoms with E-state index in [0.717, 1.165) is 42.7 Å². The van der Waals surface area contributed by atoms with E-state index in [9.17, 15) is 4.79 Å². The van der Waals surface area contributed by atoms with Crippen LogP contribution in [-0.4, -0.2) is 39.9 Å². The lowest BCUT2D eigenvalue weighted by atomic mass is 10.0. The Bertz CT molecular complexity index is 668. The average Bonchev–Trinajstić information content (AvgIpc) is 2.48. The number of benzene rings is 1. The SMILES string of the molecule is CC(=O)N1CCC(Nc2cc(Cl)c3nccnc3c2)CC1. The van der Waals surface area contributed by atoms with Gasteiger partial charge in [-0.1, -0.05) is 11.6 Å². The number of piperidine rings is 1. The second-order valence-corrected chi connectivity index (χ2v) is 5.71. The molecule has 6 heteroatoms. The van der Waals surface area contributed by atoms with Gasteiger partial charge in [-0.25, -0.2) is 0 Å². The molecule has 0 unspecified atom stereocenters. The van der Waals surface area contributed by atoms with Crippen LogP contribution < -0.4 is 5.32 Å². The molecule has 1 fully saturated rings. The minimum absolute atomic E-state index is 0.150.